The summed E-state index contributed by atoms with van der Waals surface area (Å²) in [5, 5.41) is 4.15. The van der Waals surface area contributed by atoms with Crippen LogP contribution in [0.15, 0.2) is 12.2 Å². The highest BCUT2D eigenvalue weighted by Gasteiger charge is 2.13. The van der Waals surface area contributed by atoms with E-state index in [4.69, 9.17) is 5.73 Å². The molecule has 0 heterocycles. The van der Waals surface area contributed by atoms with Gasteiger partial charge >= 0.3 is 6.03 Å². The lowest BCUT2D eigenvalue weighted by Gasteiger charge is -2.10. The van der Waals surface area contributed by atoms with Crippen LogP contribution in [-0.2, 0) is 9.59 Å². The second-order valence-corrected chi connectivity index (χ2v) is 2.83. The average molecular weight is 199 g/mol. The molecule has 0 radical (unpaired) electrons. The van der Waals surface area contributed by atoms with Gasteiger partial charge in [-0.3, -0.25) is 14.9 Å². The van der Waals surface area contributed by atoms with E-state index in [2.05, 4.69) is 11.9 Å². The van der Waals surface area contributed by atoms with Gasteiger partial charge in [-0.15, -0.1) is 0 Å². The molecule has 0 spiro atoms. The molecule has 0 aliphatic carbocycles. The first-order valence-electron chi connectivity index (χ1n) is 3.91. The van der Waals surface area contributed by atoms with Crippen molar-refractivity contribution in [3.8, 4) is 0 Å². The van der Waals surface area contributed by atoms with Crippen molar-refractivity contribution in [3.63, 3.8) is 0 Å². The summed E-state index contributed by atoms with van der Waals surface area (Å²) in [4.78, 5) is 32.4. The van der Waals surface area contributed by atoms with Crippen molar-refractivity contribution in [2.24, 2.45) is 5.73 Å². The van der Waals surface area contributed by atoms with Crippen molar-refractivity contribution in [2.45, 2.75) is 19.9 Å². The van der Waals surface area contributed by atoms with Gasteiger partial charge in [-0.1, -0.05) is 6.58 Å². The van der Waals surface area contributed by atoms with E-state index in [0.717, 1.165) is 0 Å². The Morgan fingerprint density at radius 2 is 1.86 bits per heavy atom. The Bertz CT molecular complexity index is 286. The SMILES string of the molecule is C=C(C)C(=O)NC(=O)N[C@@H](C)C(N)=O. The van der Waals surface area contributed by atoms with Crippen LogP contribution < -0.4 is 16.4 Å². The minimum atomic E-state index is -0.826. The summed E-state index contributed by atoms with van der Waals surface area (Å²) in [5.41, 5.74) is 5.09. The molecule has 0 bridgehead atoms. The third-order valence-corrected chi connectivity index (χ3v) is 1.39. The van der Waals surface area contributed by atoms with Gasteiger partial charge in [0.2, 0.25) is 5.91 Å². The lowest BCUT2D eigenvalue weighted by Crippen LogP contribution is -2.48. The van der Waals surface area contributed by atoms with Gasteiger partial charge in [-0.2, -0.15) is 0 Å². The summed E-state index contributed by atoms with van der Waals surface area (Å²) in [7, 11) is 0. The summed E-state index contributed by atoms with van der Waals surface area (Å²) >= 11 is 0. The first kappa shape index (κ1) is 12.2. The standard InChI is InChI=1S/C8H13N3O3/c1-4(2)7(13)11-8(14)10-5(3)6(9)12/h5H,1H2,2-3H3,(H2,9,12)(H2,10,11,13,14)/t5-/m0/s1. The van der Waals surface area contributed by atoms with Gasteiger partial charge < -0.3 is 11.1 Å². The number of amides is 4. The molecule has 0 unspecified atom stereocenters. The molecule has 0 aromatic heterocycles. The first-order valence-corrected chi connectivity index (χ1v) is 3.91. The van der Waals surface area contributed by atoms with E-state index in [1.807, 2.05) is 5.32 Å². The van der Waals surface area contributed by atoms with Gasteiger partial charge in [0.1, 0.15) is 6.04 Å². The molecule has 0 saturated heterocycles. The first-order chi connectivity index (χ1) is 6.34. The van der Waals surface area contributed by atoms with Crippen molar-refractivity contribution in [1.82, 2.24) is 10.6 Å². The molecule has 6 nitrogen and oxygen atoms in total. The fourth-order valence-electron chi connectivity index (χ4n) is 0.514. The fraction of sp³-hybridized carbons (Fsp3) is 0.375. The molecule has 1 atom stereocenters. The zero-order valence-corrected chi connectivity index (χ0v) is 8.09. The van der Waals surface area contributed by atoms with Gasteiger partial charge in [-0.05, 0) is 13.8 Å². The van der Waals surface area contributed by atoms with E-state index < -0.39 is 23.9 Å². The Morgan fingerprint density at radius 3 is 2.21 bits per heavy atom. The third-order valence-electron chi connectivity index (χ3n) is 1.39. The van der Waals surface area contributed by atoms with E-state index >= 15 is 0 Å². The molecule has 0 fully saturated rings. The number of hydrogen-bond acceptors (Lipinski definition) is 3. The summed E-state index contributed by atoms with van der Waals surface area (Å²) in [6, 6.07) is -1.60. The third kappa shape index (κ3) is 4.24. The highest BCUT2D eigenvalue weighted by molar-refractivity contribution is 6.03. The second-order valence-electron chi connectivity index (χ2n) is 2.83. The van der Waals surface area contributed by atoms with Gasteiger partial charge in [-0.25, -0.2) is 4.79 Å². The maximum absolute atomic E-state index is 11.0. The number of urea groups is 1. The molecular formula is C8H13N3O3. The molecular weight excluding hydrogens is 186 g/mol. The van der Waals surface area contributed by atoms with Crippen LogP contribution >= 0.6 is 0 Å². The molecule has 0 rings (SSSR count). The van der Waals surface area contributed by atoms with E-state index in [-0.39, 0.29) is 5.57 Å². The Balaban J connectivity index is 4.05. The quantitative estimate of drug-likeness (QED) is 0.522. The van der Waals surface area contributed by atoms with Gasteiger partial charge in [0, 0.05) is 5.57 Å². The molecule has 78 valence electrons. The minimum Gasteiger partial charge on any atom is -0.368 e. The van der Waals surface area contributed by atoms with Crippen molar-refractivity contribution in [1.29, 1.82) is 0 Å². The van der Waals surface area contributed by atoms with Crippen LogP contribution in [0.3, 0.4) is 0 Å². The fourth-order valence-corrected chi connectivity index (χ4v) is 0.514. The molecule has 0 aromatic carbocycles. The van der Waals surface area contributed by atoms with Crippen LogP contribution in [0, 0.1) is 0 Å². The summed E-state index contributed by atoms with van der Waals surface area (Å²) < 4.78 is 0. The highest BCUT2D eigenvalue weighted by atomic mass is 16.2. The molecule has 4 N–H and O–H groups in total. The highest BCUT2D eigenvalue weighted by Crippen LogP contribution is 1.86. The Morgan fingerprint density at radius 1 is 1.36 bits per heavy atom. The second kappa shape index (κ2) is 5.00. The van der Waals surface area contributed by atoms with Crippen LogP contribution in [0.2, 0.25) is 0 Å². The van der Waals surface area contributed by atoms with E-state index in [9.17, 15) is 14.4 Å². The van der Waals surface area contributed by atoms with E-state index in [0.29, 0.717) is 0 Å². The Labute approximate surface area is 81.5 Å². The minimum absolute atomic E-state index is 0.201. The molecule has 6 heteroatoms. The predicted molar refractivity (Wildman–Crippen MR) is 50.1 cm³/mol. The van der Waals surface area contributed by atoms with Gasteiger partial charge in [0.05, 0.1) is 0 Å². The zero-order valence-electron chi connectivity index (χ0n) is 8.09. The van der Waals surface area contributed by atoms with Crippen molar-refractivity contribution < 1.29 is 14.4 Å². The molecule has 0 saturated carbocycles. The lowest BCUT2D eigenvalue weighted by atomic mass is 10.3. The molecule has 4 amide bonds. The van der Waals surface area contributed by atoms with Crippen molar-refractivity contribution >= 4 is 17.8 Å². The average Bonchev–Trinajstić information content (AvgIpc) is 2.03. The number of carbonyl (C=O) groups excluding carboxylic acids is 3. The van der Waals surface area contributed by atoms with Crippen molar-refractivity contribution in [2.75, 3.05) is 0 Å². The smallest absolute Gasteiger partial charge is 0.322 e. The number of primary amides is 1. The van der Waals surface area contributed by atoms with Crippen LogP contribution in [0.1, 0.15) is 13.8 Å². The van der Waals surface area contributed by atoms with Crippen LogP contribution in [0.5, 0.6) is 0 Å². The Kier molecular flexibility index (Phi) is 4.34. The summed E-state index contributed by atoms with van der Waals surface area (Å²) in [6.45, 7) is 6.21. The molecule has 14 heavy (non-hydrogen) atoms. The van der Waals surface area contributed by atoms with Crippen LogP contribution in [0.25, 0.3) is 0 Å². The van der Waals surface area contributed by atoms with E-state index in [1.54, 1.807) is 0 Å². The number of rotatable bonds is 3. The van der Waals surface area contributed by atoms with Gasteiger partial charge in [0.15, 0.2) is 0 Å². The number of hydrogen-bond donors (Lipinski definition) is 3. The number of nitrogens with two attached hydrogens (primary N) is 1. The zero-order chi connectivity index (χ0) is 11.3. The largest absolute Gasteiger partial charge is 0.368 e. The summed E-state index contributed by atoms with van der Waals surface area (Å²) in [6.07, 6.45) is 0. The lowest BCUT2D eigenvalue weighted by molar-refractivity contribution is -0.120. The maximum atomic E-state index is 11.0. The number of imide groups is 1. The number of carbonyl (C=O) groups is 3. The topological polar surface area (TPSA) is 101 Å². The summed E-state index contributed by atoms with van der Waals surface area (Å²) in [5.74, 6) is -1.28. The van der Waals surface area contributed by atoms with Crippen LogP contribution in [0.4, 0.5) is 4.79 Å². The van der Waals surface area contributed by atoms with Crippen LogP contribution in [-0.4, -0.2) is 23.9 Å². The van der Waals surface area contributed by atoms with Gasteiger partial charge in [0.25, 0.3) is 5.91 Å². The predicted octanol–water partition coefficient (Wildman–Crippen LogP) is -0.738. The molecule has 0 aliphatic heterocycles. The van der Waals surface area contributed by atoms with Crippen molar-refractivity contribution in [3.05, 3.63) is 12.2 Å². The van der Waals surface area contributed by atoms with E-state index in [1.165, 1.54) is 13.8 Å². The maximum Gasteiger partial charge on any atom is 0.322 e. The number of nitrogens with one attached hydrogen (secondary N) is 2. The normalized spacial score (nSPS) is 11.3. The monoisotopic (exact) mass is 199 g/mol. The molecule has 0 aliphatic rings. The molecule has 0 aromatic rings. The Hall–Kier alpha value is -1.85.